The standard InChI is InChI=1S/Al.Ca.O2Si.H2O.O.3H/c;;1-3-2;;;;;/h;;;1H2;;;;. The van der Waals surface area contributed by atoms with Crippen molar-refractivity contribution in [3.05, 3.63) is 0 Å². The van der Waals surface area contributed by atoms with E-state index in [1.54, 1.807) is 0 Å². The molecule has 0 bridgehead atoms. The Labute approximate surface area is 80.5 Å². The van der Waals surface area contributed by atoms with Gasteiger partial charge in [0.1, 0.15) is 0 Å². The molecule has 7 heavy (non-hydrogen) atoms. The minimum absolute atomic E-state index is 0. The Balaban J connectivity index is -0.0000000105. The van der Waals surface area contributed by atoms with E-state index in [0.29, 0.717) is 16.2 Å². The van der Waals surface area contributed by atoms with Gasteiger partial charge in [0.25, 0.3) is 0 Å². The molecule has 0 aliphatic heterocycles. The third kappa shape index (κ3) is 113. The Morgan fingerprint density at radius 2 is 1.14 bits per heavy atom. The monoisotopic (exact) mass is 164 g/mol. The second-order valence-electron chi connectivity index (χ2n) is 0.0833. The molecule has 0 saturated heterocycles. The van der Waals surface area contributed by atoms with E-state index in [9.17, 15) is 0 Å². The van der Waals surface area contributed by atoms with E-state index in [2.05, 4.69) is 0 Å². The van der Waals surface area contributed by atoms with Gasteiger partial charge in [-0.15, -0.1) is 0 Å². The van der Waals surface area contributed by atoms with Crippen LogP contribution in [0.4, 0.5) is 0 Å². The molecule has 0 aromatic heterocycles. The van der Waals surface area contributed by atoms with Gasteiger partial charge in [-0.2, -0.15) is 0 Å². The molecule has 0 fully saturated rings. The molecule has 4 nitrogen and oxygen atoms in total. The normalized spacial score (nSPS) is 1.57. The van der Waals surface area contributed by atoms with E-state index in [4.69, 9.17) is 12.7 Å². The van der Waals surface area contributed by atoms with Gasteiger partial charge < -0.3 is 5.48 Å². The molecule has 0 saturated carbocycles. The topological polar surface area (TPSA) is 82.7 Å². The molecule has 0 atom stereocenters. The van der Waals surface area contributed by atoms with Crippen molar-refractivity contribution in [3.63, 3.8) is 0 Å². The van der Waals surface area contributed by atoms with Crippen molar-refractivity contribution < 1.29 is 18.2 Å². The summed E-state index contributed by atoms with van der Waals surface area (Å²) in [6, 6.07) is 0. The molecule has 0 unspecified atom stereocenters. The van der Waals surface area contributed by atoms with Crippen molar-refractivity contribution in [1.82, 2.24) is 0 Å². The molecule has 0 rings (SSSR count). The van der Waals surface area contributed by atoms with Gasteiger partial charge in [0.2, 0.25) is 0 Å². The van der Waals surface area contributed by atoms with Gasteiger partial charge in [0.05, 0.1) is 0 Å². The summed E-state index contributed by atoms with van der Waals surface area (Å²) in [6.07, 6.45) is 0. The molecule has 0 aromatic rings. The van der Waals surface area contributed by atoms with Gasteiger partial charge in [-0.3, -0.25) is 8.92 Å². The van der Waals surface area contributed by atoms with Crippen LogP contribution in [0, 0.1) is 0 Å². The summed E-state index contributed by atoms with van der Waals surface area (Å²) < 4.78 is 25.1. The zero-order chi connectivity index (χ0) is 4.71. The summed E-state index contributed by atoms with van der Waals surface area (Å²) in [5, 5.41) is 0. The average molecular weight is 164 g/mol. The molecular weight excluding hydrogens is 159 g/mol. The second-order valence-corrected chi connectivity index (χ2v) is 0.250. The van der Waals surface area contributed by atoms with Gasteiger partial charge in [0.15, 0.2) is 0 Å². The van der Waals surface area contributed by atoms with E-state index in [1.165, 1.54) is 0 Å². The summed E-state index contributed by atoms with van der Waals surface area (Å²) in [4.78, 5) is 0. The molecule has 0 amide bonds. The van der Waals surface area contributed by atoms with Gasteiger partial charge in [-0.25, -0.2) is 0 Å². The third-order valence-electron chi connectivity index (χ3n) is 0. The molecule has 0 aliphatic carbocycles. The van der Waals surface area contributed by atoms with Crippen molar-refractivity contribution in [3.8, 4) is 0 Å². The van der Waals surface area contributed by atoms with E-state index >= 15 is 0 Å². The maximum atomic E-state index is 8.40. The van der Waals surface area contributed by atoms with Crippen molar-refractivity contribution in [2.45, 2.75) is 0 Å². The van der Waals surface area contributed by atoms with Crippen LogP contribution in [0.25, 0.3) is 0 Å². The van der Waals surface area contributed by atoms with Crippen LogP contribution in [-0.2, 0) is 12.7 Å². The minimum atomic E-state index is -1.42. The quantitative estimate of drug-likeness (QED) is 0.355. The molecule has 0 heterocycles. The fourth-order valence-corrected chi connectivity index (χ4v) is 0. The summed E-state index contributed by atoms with van der Waals surface area (Å²) in [5.74, 6) is 0. The Morgan fingerprint density at radius 3 is 1.14 bits per heavy atom. The molecule has 2 N–H and O–H groups in total. The van der Waals surface area contributed by atoms with Gasteiger partial charge >= 0.3 is 67.1 Å². The third-order valence-corrected chi connectivity index (χ3v) is 0. The summed E-state index contributed by atoms with van der Waals surface area (Å²) in [5.41, 5.74) is 0. The van der Waals surface area contributed by atoms with Crippen molar-refractivity contribution >= 4 is 63.3 Å². The van der Waals surface area contributed by atoms with Gasteiger partial charge in [-0.1, -0.05) is 0 Å². The molecule has 0 aliphatic rings. The summed E-state index contributed by atoms with van der Waals surface area (Å²) in [6.45, 7) is 0. The van der Waals surface area contributed by atoms with Crippen LogP contribution in [0.2, 0.25) is 0 Å². The first kappa shape index (κ1) is 23.8. The number of rotatable bonds is 0. The fraction of sp³-hybridized carbons (Fsp3) is 0. The predicted octanol–water partition coefficient (Wildman–Crippen LogP) is -3.13. The van der Waals surface area contributed by atoms with Crippen LogP contribution in [0.3, 0.4) is 0 Å². The Bertz CT molecular complexity index is 41.0. The number of hydrogen-bond acceptors (Lipinski definition) is 3. The van der Waals surface area contributed by atoms with Crippen molar-refractivity contribution in [1.29, 1.82) is 0 Å². The first-order chi connectivity index (χ1) is 2.41. The van der Waals surface area contributed by atoms with E-state index in [-0.39, 0.29) is 43.2 Å². The molecule has 0 aromatic carbocycles. The molecular formula is H5AlCaO4Si. The Hall–Kier alpha value is 1.37. The SMILES string of the molecule is O.O=[Si]=O.[CaH2].[O]=[AlH]. The molecule has 0 radical (unpaired) electrons. The predicted molar refractivity (Wildman–Crippen MR) is 27.1 cm³/mol. The Kier molecular flexibility index (Phi) is 181. The summed E-state index contributed by atoms with van der Waals surface area (Å²) >= 11 is 0.611. The zero-order valence-corrected chi connectivity index (χ0v) is 5.35. The van der Waals surface area contributed by atoms with Crippen molar-refractivity contribution in [2.75, 3.05) is 0 Å². The second kappa shape index (κ2) is 53.3. The maximum absolute atomic E-state index is 8.40. The average Bonchev–Trinajstić information content (AvgIpc) is 1.46. The van der Waals surface area contributed by atoms with E-state index in [0.717, 1.165) is 0 Å². The van der Waals surface area contributed by atoms with Crippen LogP contribution in [0.1, 0.15) is 0 Å². The van der Waals surface area contributed by atoms with Crippen LogP contribution in [-0.4, -0.2) is 68.7 Å². The van der Waals surface area contributed by atoms with E-state index < -0.39 is 9.29 Å². The number of hydrogen-bond donors (Lipinski definition) is 0. The first-order valence-corrected chi connectivity index (χ1v) is 2.09. The van der Waals surface area contributed by atoms with Crippen LogP contribution in [0.15, 0.2) is 0 Å². The van der Waals surface area contributed by atoms with Gasteiger partial charge in [-0.05, 0) is 0 Å². The first-order valence-electron chi connectivity index (χ1n) is 0.697. The fourth-order valence-electron chi connectivity index (χ4n) is 0. The summed E-state index contributed by atoms with van der Waals surface area (Å²) in [7, 11) is -1.42. The van der Waals surface area contributed by atoms with Crippen LogP contribution >= 0.6 is 0 Å². The zero-order valence-electron chi connectivity index (χ0n) is 2.93. The van der Waals surface area contributed by atoms with Crippen LogP contribution in [0.5, 0.6) is 0 Å². The van der Waals surface area contributed by atoms with Gasteiger partial charge in [0, 0.05) is 0 Å². The Morgan fingerprint density at radius 1 is 1.14 bits per heavy atom. The van der Waals surface area contributed by atoms with Crippen molar-refractivity contribution in [2.24, 2.45) is 0 Å². The molecule has 7 heteroatoms. The molecule has 0 spiro atoms. The molecule has 38 valence electrons. The van der Waals surface area contributed by atoms with E-state index in [1.807, 2.05) is 0 Å². The van der Waals surface area contributed by atoms with Crippen LogP contribution < -0.4 is 0 Å².